The molecule has 12 heteroatoms. The van der Waals surface area contributed by atoms with Gasteiger partial charge in [0.15, 0.2) is 0 Å². The normalized spacial score (nSPS) is 11.0. The number of rotatable bonds is 5. The molecule has 2 amide bonds. The van der Waals surface area contributed by atoms with Gasteiger partial charge in [0.2, 0.25) is 15.9 Å². The van der Waals surface area contributed by atoms with Crippen LogP contribution in [0.2, 0.25) is 0 Å². The van der Waals surface area contributed by atoms with Crippen LogP contribution in [0.5, 0.6) is 0 Å². The minimum Gasteiger partial charge on any atom is -0.399 e. The molecule has 6 N–H and O–H groups in total. The molecule has 0 radical (unpaired) electrons. The summed E-state index contributed by atoms with van der Waals surface area (Å²) in [6.45, 7) is 1.37. The van der Waals surface area contributed by atoms with E-state index in [1.54, 1.807) is 18.2 Å². The van der Waals surface area contributed by atoms with Crippen LogP contribution in [0.1, 0.15) is 17.3 Å². The smallest absolute Gasteiger partial charge is 0.264 e. The lowest BCUT2D eigenvalue weighted by Gasteiger charge is -2.07. The monoisotopic (exact) mass is 490 g/mol. The quantitative estimate of drug-likeness (QED) is 0.393. The van der Waals surface area contributed by atoms with Gasteiger partial charge in [0.25, 0.3) is 15.9 Å². The van der Waals surface area contributed by atoms with Gasteiger partial charge in [-0.25, -0.2) is 26.7 Å². The standard InChI is InChI=1S/C13H12N2O3S.C8H10N2O3S/c14-11-6-8-12(9-7-11)19(17,18)15-13(16)10-4-2-1-3-5-10;1-6(11)10-7-2-4-8(5-3-7)14(9,12)13/h1-9H,14H2,(H,15,16);2-5H,1H3,(H,10,11)(H2,9,12,13). The third kappa shape index (κ3) is 8.03. The van der Waals surface area contributed by atoms with Crippen molar-refractivity contribution in [2.75, 3.05) is 11.1 Å². The van der Waals surface area contributed by atoms with Gasteiger partial charge in [-0.05, 0) is 60.7 Å². The molecule has 0 aliphatic rings. The molecule has 174 valence electrons. The Balaban J connectivity index is 0.000000245. The van der Waals surface area contributed by atoms with Gasteiger partial charge in [-0.3, -0.25) is 9.59 Å². The summed E-state index contributed by atoms with van der Waals surface area (Å²) < 4.78 is 47.6. The Morgan fingerprint density at radius 2 is 1.27 bits per heavy atom. The Morgan fingerprint density at radius 1 is 0.758 bits per heavy atom. The molecule has 10 nitrogen and oxygen atoms in total. The predicted octanol–water partition coefficient (Wildman–Crippen LogP) is 1.68. The van der Waals surface area contributed by atoms with Crippen molar-refractivity contribution in [3.8, 4) is 0 Å². The number of benzene rings is 3. The van der Waals surface area contributed by atoms with E-state index in [0.717, 1.165) is 0 Å². The molecule has 0 aromatic heterocycles. The second-order valence-corrected chi connectivity index (χ2v) is 9.86. The molecule has 0 fully saturated rings. The largest absolute Gasteiger partial charge is 0.399 e. The lowest BCUT2D eigenvalue weighted by atomic mass is 10.2. The maximum Gasteiger partial charge on any atom is 0.264 e. The lowest BCUT2D eigenvalue weighted by molar-refractivity contribution is -0.114. The Hall–Kier alpha value is -3.74. The number of nitrogens with two attached hydrogens (primary N) is 2. The van der Waals surface area contributed by atoms with Crippen LogP contribution >= 0.6 is 0 Å². The number of nitrogen functional groups attached to an aromatic ring is 1. The molecule has 0 heterocycles. The molecule has 0 aliphatic carbocycles. The van der Waals surface area contributed by atoms with E-state index in [0.29, 0.717) is 11.4 Å². The zero-order chi connectivity index (χ0) is 24.6. The molecule has 0 saturated heterocycles. The van der Waals surface area contributed by atoms with E-state index in [1.807, 2.05) is 4.72 Å². The van der Waals surface area contributed by atoms with Gasteiger partial charge < -0.3 is 11.1 Å². The number of sulfonamides is 2. The van der Waals surface area contributed by atoms with Crippen molar-refractivity contribution < 1.29 is 26.4 Å². The highest BCUT2D eigenvalue weighted by molar-refractivity contribution is 7.90. The van der Waals surface area contributed by atoms with Gasteiger partial charge >= 0.3 is 0 Å². The molecule has 0 atom stereocenters. The van der Waals surface area contributed by atoms with Crippen LogP contribution in [0.3, 0.4) is 0 Å². The third-order valence-corrected chi connectivity index (χ3v) is 6.23. The van der Waals surface area contributed by atoms with Gasteiger partial charge in [-0.15, -0.1) is 0 Å². The molecule has 33 heavy (non-hydrogen) atoms. The summed E-state index contributed by atoms with van der Waals surface area (Å²) >= 11 is 0. The van der Waals surface area contributed by atoms with Crippen molar-refractivity contribution in [2.24, 2.45) is 5.14 Å². The molecule has 0 bridgehead atoms. The Bertz CT molecular complexity index is 1320. The van der Waals surface area contributed by atoms with Crippen LogP contribution in [-0.2, 0) is 24.8 Å². The highest BCUT2D eigenvalue weighted by atomic mass is 32.2. The van der Waals surface area contributed by atoms with Crippen LogP contribution in [0, 0.1) is 0 Å². The molecule has 3 aromatic carbocycles. The van der Waals surface area contributed by atoms with Gasteiger partial charge in [-0.2, -0.15) is 0 Å². The lowest BCUT2D eigenvalue weighted by Crippen LogP contribution is -2.30. The fourth-order valence-electron chi connectivity index (χ4n) is 2.41. The summed E-state index contributed by atoms with van der Waals surface area (Å²) in [5.41, 5.74) is 6.74. The van der Waals surface area contributed by atoms with Crippen LogP contribution in [0.25, 0.3) is 0 Å². The number of nitrogens with one attached hydrogen (secondary N) is 2. The first-order valence-corrected chi connectivity index (χ1v) is 12.3. The zero-order valence-electron chi connectivity index (χ0n) is 17.4. The first-order valence-electron chi connectivity index (χ1n) is 9.27. The maximum atomic E-state index is 12.0. The molecular weight excluding hydrogens is 468 g/mol. The van der Waals surface area contributed by atoms with Crippen molar-refractivity contribution in [1.29, 1.82) is 0 Å². The summed E-state index contributed by atoms with van der Waals surface area (Å²) in [6.07, 6.45) is 0. The Morgan fingerprint density at radius 3 is 1.76 bits per heavy atom. The van der Waals surface area contributed by atoms with Gasteiger partial charge in [0.1, 0.15) is 0 Å². The average molecular weight is 491 g/mol. The number of carbonyl (C=O) groups is 2. The summed E-state index contributed by atoms with van der Waals surface area (Å²) in [5, 5.41) is 7.40. The van der Waals surface area contributed by atoms with E-state index in [1.165, 1.54) is 67.6 Å². The number of hydrogen-bond donors (Lipinski definition) is 4. The van der Waals surface area contributed by atoms with E-state index in [-0.39, 0.29) is 21.3 Å². The van der Waals surface area contributed by atoms with Gasteiger partial charge in [0, 0.05) is 23.9 Å². The minimum atomic E-state index is -3.88. The summed E-state index contributed by atoms with van der Waals surface area (Å²) in [7, 11) is -7.54. The van der Waals surface area contributed by atoms with E-state index in [9.17, 15) is 26.4 Å². The third-order valence-electron chi connectivity index (χ3n) is 3.96. The summed E-state index contributed by atoms with van der Waals surface area (Å²) in [5.74, 6) is -0.884. The second kappa shape index (κ2) is 10.7. The predicted molar refractivity (Wildman–Crippen MR) is 124 cm³/mol. The minimum absolute atomic E-state index is 0.00835. The van der Waals surface area contributed by atoms with E-state index in [4.69, 9.17) is 10.9 Å². The number of carbonyl (C=O) groups excluding carboxylic acids is 2. The second-order valence-electron chi connectivity index (χ2n) is 6.62. The Kier molecular flexibility index (Phi) is 8.29. The number of amides is 2. The molecule has 0 saturated carbocycles. The first kappa shape index (κ1) is 25.5. The fraction of sp³-hybridized carbons (Fsp3) is 0.0476. The van der Waals surface area contributed by atoms with Gasteiger partial charge in [-0.1, -0.05) is 18.2 Å². The fourth-order valence-corrected chi connectivity index (χ4v) is 3.90. The maximum absolute atomic E-state index is 12.0. The van der Waals surface area contributed by atoms with Crippen LogP contribution in [0.4, 0.5) is 11.4 Å². The Labute approximate surface area is 191 Å². The number of anilines is 2. The molecule has 0 aliphatic heterocycles. The van der Waals surface area contributed by atoms with Crippen molar-refractivity contribution in [2.45, 2.75) is 16.7 Å². The summed E-state index contributed by atoms with van der Waals surface area (Å²) in [4.78, 5) is 22.4. The van der Waals surface area contributed by atoms with E-state index < -0.39 is 26.0 Å². The SMILES string of the molecule is CC(=O)Nc1ccc(S(N)(=O)=O)cc1.Nc1ccc(S(=O)(=O)NC(=O)c2ccccc2)cc1. The highest BCUT2D eigenvalue weighted by Crippen LogP contribution is 2.13. The highest BCUT2D eigenvalue weighted by Gasteiger charge is 2.18. The molecule has 0 unspecified atom stereocenters. The van der Waals surface area contributed by atoms with Crippen LogP contribution < -0.4 is 20.9 Å². The van der Waals surface area contributed by atoms with E-state index in [2.05, 4.69) is 5.32 Å². The van der Waals surface area contributed by atoms with E-state index >= 15 is 0 Å². The van der Waals surface area contributed by atoms with Gasteiger partial charge in [0.05, 0.1) is 9.79 Å². The van der Waals surface area contributed by atoms with Crippen molar-refractivity contribution in [3.63, 3.8) is 0 Å². The molecule has 0 spiro atoms. The topological polar surface area (TPSA) is 179 Å². The summed E-state index contributed by atoms with van der Waals surface area (Å²) in [6, 6.07) is 19.3. The van der Waals surface area contributed by atoms with Crippen LogP contribution in [-0.4, -0.2) is 28.6 Å². The van der Waals surface area contributed by atoms with Crippen molar-refractivity contribution in [1.82, 2.24) is 4.72 Å². The number of primary sulfonamides is 1. The average Bonchev–Trinajstić information content (AvgIpc) is 2.74. The molecule has 3 aromatic rings. The number of hydrogen-bond acceptors (Lipinski definition) is 7. The molecule has 3 rings (SSSR count). The molecular formula is C21H22N4O6S2. The first-order chi connectivity index (χ1) is 15.4. The zero-order valence-corrected chi connectivity index (χ0v) is 19.1. The van der Waals surface area contributed by atoms with Crippen LogP contribution in [0.15, 0.2) is 88.7 Å². The van der Waals surface area contributed by atoms with Crippen molar-refractivity contribution in [3.05, 3.63) is 84.4 Å². The van der Waals surface area contributed by atoms with Crippen molar-refractivity contribution >= 4 is 43.2 Å².